The zero-order valence-corrected chi connectivity index (χ0v) is 11.9. The highest BCUT2D eigenvalue weighted by Crippen LogP contribution is 2.34. The molecule has 0 bridgehead atoms. The van der Waals surface area contributed by atoms with E-state index < -0.39 is 6.36 Å². The zero-order valence-electron chi connectivity index (χ0n) is 10.3. The first-order chi connectivity index (χ1) is 9.87. The van der Waals surface area contributed by atoms with E-state index in [-0.39, 0.29) is 17.1 Å². The lowest BCUT2D eigenvalue weighted by Gasteiger charge is -2.15. The molecule has 1 N–H and O–H groups in total. The Morgan fingerprint density at radius 2 is 2.00 bits per heavy atom. The van der Waals surface area contributed by atoms with Gasteiger partial charge >= 0.3 is 6.36 Å². The Balaban J connectivity index is 2.33. The van der Waals surface area contributed by atoms with Crippen molar-refractivity contribution in [2.24, 2.45) is 0 Å². The van der Waals surface area contributed by atoms with E-state index in [4.69, 9.17) is 5.26 Å². The van der Waals surface area contributed by atoms with Gasteiger partial charge in [0, 0.05) is 16.4 Å². The number of ether oxygens (including phenoxy) is 1. The number of anilines is 2. The van der Waals surface area contributed by atoms with Gasteiger partial charge in [0.1, 0.15) is 11.8 Å². The summed E-state index contributed by atoms with van der Waals surface area (Å²) in [5.41, 5.74) is 0.692. The second-order valence-corrected chi connectivity index (χ2v) is 4.77. The first-order valence-electron chi connectivity index (χ1n) is 5.56. The van der Waals surface area contributed by atoms with Crippen LogP contribution in [-0.2, 0) is 0 Å². The van der Waals surface area contributed by atoms with Crippen LogP contribution in [0.3, 0.4) is 0 Å². The predicted molar refractivity (Wildman–Crippen MR) is 73.1 cm³/mol. The highest BCUT2D eigenvalue weighted by molar-refractivity contribution is 9.10. The summed E-state index contributed by atoms with van der Waals surface area (Å²) in [5, 5.41) is 11.5. The maximum atomic E-state index is 12.4. The number of nitriles is 1. The van der Waals surface area contributed by atoms with Gasteiger partial charge in [0.25, 0.3) is 0 Å². The topological polar surface area (TPSA) is 57.9 Å². The van der Waals surface area contributed by atoms with Crippen LogP contribution in [0, 0.1) is 11.3 Å². The third-order valence-corrected chi connectivity index (χ3v) is 2.82. The summed E-state index contributed by atoms with van der Waals surface area (Å²) in [7, 11) is 0. The largest absolute Gasteiger partial charge is 0.573 e. The van der Waals surface area contributed by atoms with Gasteiger partial charge in [0.05, 0.1) is 5.69 Å². The van der Waals surface area contributed by atoms with Crippen LogP contribution in [0.5, 0.6) is 5.75 Å². The van der Waals surface area contributed by atoms with Crippen molar-refractivity contribution in [1.82, 2.24) is 4.98 Å². The molecule has 108 valence electrons. The molecule has 2 aromatic rings. The van der Waals surface area contributed by atoms with Gasteiger partial charge in [0.15, 0.2) is 5.75 Å². The second kappa shape index (κ2) is 6.01. The van der Waals surface area contributed by atoms with Crippen molar-refractivity contribution in [2.45, 2.75) is 6.36 Å². The van der Waals surface area contributed by atoms with Gasteiger partial charge in [-0.1, -0.05) is 15.9 Å². The van der Waals surface area contributed by atoms with Crippen molar-refractivity contribution in [3.63, 3.8) is 0 Å². The van der Waals surface area contributed by atoms with Crippen LogP contribution in [0.15, 0.2) is 41.0 Å². The first kappa shape index (κ1) is 15.1. The Bertz CT molecular complexity index is 698. The van der Waals surface area contributed by atoms with Gasteiger partial charge in [-0.3, -0.25) is 0 Å². The van der Waals surface area contributed by atoms with E-state index in [0.29, 0.717) is 10.2 Å². The van der Waals surface area contributed by atoms with Gasteiger partial charge in [-0.15, -0.1) is 13.2 Å². The molecule has 0 saturated heterocycles. The number of nitrogens with one attached hydrogen (secondary N) is 1. The summed E-state index contributed by atoms with van der Waals surface area (Å²) in [6, 6.07) is 8.98. The Labute approximate surface area is 126 Å². The molecule has 1 aromatic carbocycles. The molecule has 0 unspecified atom stereocenters. The standard InChI is InChI=1S/C13H7BrF3N3O/c14-8-1-2-11(12(5-8)21-13(15,16)17)20-9-3-4-19-10(6-9)7-18/h1-6H,(H,19,20). The normalized spacial score (nSPS) is 10.8. The van der Waals surface area contributed by atoms with Gasteiger partial charge in [-0.2, -0.15) is 5.26 Å². The molecule has 0 saturated carbocycles. The minimum absolute atomic E-state index is 0.116. The second-order valence-electron chi connectivity index (χ2n) is 3.85. The Kier molecular flexibility index (Phi) is 4.33. The minimum Gasteiger partial charge on any atom is -0.404 e. The summed E-state index contributed by atoms with van der Waals surface area (Å²) in [4.78, 5) is 3.78. The summed E-state index contributed by atoms with van der Waals surface area (Å²) >= 11 is 3.08. The molecule has 1 aromatic heterocycles. The minimum atomic E-state index is -4.80. The molecule has 0 fully saturated rings. The summed E-state index contributed by atoms with van der Waals surface area (Å²) < 4.78 is 41.6. The lowest BCUT2D eigenvalue weighted by Crippen LogP contribution is -2.18. The van der Waals surface area contributed by atoms with Gasteiger partial charge in [0.2, 0.25) is 0 Å². The molecule has 1 heterocycles. The van der Waals surface area contributed by atoms with Gasteiger partial charge in [-0.05, 0) is 30.3 Å². The summed E-state index contributed by atoms with van der Waals surface area (Å²) in [5.74, 6) is -0.382. The van der Waals surface area contributed by atoms with Crippen LogP contribution in [0.4, 0.5) is 24.5 Å². The van der Waals surface area contributed by atoms with Gasteiger partial charge < -0.3 is 10.1 Å². The molecular formula is C13H7BrF3N3O. The van der Waals surface area contributed by atoms with Crippen molar-refractivity contribution in [2.75, 3.05) is 5.32 Å². The Morgan fingerprint density at radius 1 is 1.24 bits per heavy atom. The number of rotatable bonds is 3. The van der Waals surface area contributed by atoms with Crippen molar-refractivity contribution < 1.29 is 17.9 Å². The molecule has 0 amide bonds. The molecule has 21 heavy (non-hydrogen) atoms. The molecular weight excluding hydrogens is 351 g/mol. The number of hydrogen-bond acceptors (Lipinski definition) is 4. The average Bonchev–Trinajstić information content (AvgIpc) is 2.40. The van der Waals surface area contributed by atoms with E-state index in [1.54, 1.807) is 6.07 Å². The number of nitrogens with zero attached hydrogens (tertiary/aromatic N) is 2. The molecule has 4 nitrogen and oxygen atoms in total. The molecule has 0 aliphatic carbocycles. The van der Waals surface area contributed by atoms with Crippen LogP contribution < -0.4 is 10.1 Å². The molecule has 0 aliphatic heterocycles. The van der Waals surface area contributed by atoms with Crippen LogP contribution >= 0.6 is 15.9 Å². The zero-order chi connectivity index (χ0) is 15.5. The monoisotopic (exact) mass is 357 g/mol. The predicted octanol–water partition coefficient (Wildman–Crippen LogP) is 4.36. The first-order valence-corrected chi connectivity index (χ1v) is 6.35. The number of halogens is 4. The van der Waals surface area contributed by atoms with Crippen LogP contribution in [0.25, 0.3) is 0 Å². The molecule has 2 rings (SSSR count). The van der Waals surface area contributed by atoms with Gasteiger partial charge in [-0.25, -0.2) is 4.98 Å². The van der Waals surface area contributed by atoms with E-state index >= 15 is 0 Å². The van der Waals surface area contributed by atoms with Crippen LogP contribution in [0.1, 0.15) is 5.69 Å². The number of pyridine rings is 1. The van der Waals surface area contributed by atoms with Crippen molar-refractivity contribution in [1.29, 1.82) is 5.26 Å². The van der Waals surface area contributed by atoms with E-state index in [2.05, 4.69) is 31.0 Å². The summed E-state index contributed by atoms with van der Waals surface area (Å²) in [6.45, 7) is 0. The molecule has 0 aliphatic rings. The van der Waals surface area contributed by atoms with E-state index in [1.165, 1.54) is 30.5 Å². The van der Waals surface area contributed by atoms with Crippen LogP contribution in [-0.4, -0.2) is 11.3 Å². The summed E-state index contributed by atoms with van der Waals surface area (Å²) in [6.07, 6.45) is -3.42. The van der Waals surface area contributed by atoms with Crippen molar-refractivity contribution in [3.8, 4) is 11.8 Å². The average molecular weight is 358 g/mol. The molecule has 0 atom stereocenters. The lowest BCUT2D eigenvalue weighted by atomic mass is 10.2. The highest BCUT2D eigenvalue weighted by Gasteiger charge is 2.32. The third-order valence-electron chi connectivity index (χ3n) is 2.32. The fraction of sp³-hybridized carbons (Fsp3) is 0.0769. The molecule has 0 radical (unpaired) electrons. The number of aromatic nitrogens is 1. The van der Waals surface area contributed by atoms with E-state index in [1.807, 2.05) is 6.07 Å². The van der Waals surface area contributed by atoms with E-state index in [0.717, 1.165) is 0 Å². The number of benzene rings is 1. The Hall–Kier alpha value is -2.27. The highest BCUT2D eigenvalue weighted by atomic mass is 79.9. The van der Waals surface area contributed by atoms with Crippen LogP contribution in [0.2, 0.25) is 0 Å². The van der Waals surface area contributed by atoms with E-state index in [9.17, 15) is 13.2 Å². The smallest absolute Gasteiger partial charge is 0.404 e. The molecule has 8 heteroatoms. The SMILES string of the molecule is N#Cc1cc(Nc2ccc(Br)cc2OC(F)(F)F)ccn1. The Morgan fingerprint density at radius 3 is 2.67 bits per heavy atom. The third kappa shape index (κ3) is 4.36. The maximum absolute atomic E-state index is 12.4. The van der Waals surface area contributed by atoms with Crippen molar-refractivity contribution in [3.05, 3.63) is 46.7 Å². The molecule has 0 spiro atoms. The fourth-order valence-electron chi connectivity index (χ4n) is 1.53. The number of hydrogen-bond donors (Lipinski definition) is 1. The fourth-order valence-corrected chi connectivity index (χ4v) is 1.87. The maximum Gasteiger partial charge on any atom is 0.573 e. The number of alkyl halides is 3. The van der Waals surface area contributed by atoms with Crippen molar-refractivity contribution >= 4 is 27.3 Å². The lowest BCUT2D eigenvalue weighted by molar-refractivity contribution is -0.274. The quantitative estimate of drug-likeness (QED) is 0.886.